The molecule has 2 unspecified atom stereocenters. The maximum atomic E-state index is 12.0. The number of halogens is 1. The molecule has 1 fully saturated rings. The van der Waals surface area contributed by atoms with E-state index in [1.807, 2.05) is 0 Å². The van der Waals surface area contributed by atoms with Crippen molar-refractivity contribution in [3.8, 4) is 0 Å². The summed E-state index contributed by atoms with van der Waals surface area (Å²) < 4.78 is 0. The van der Waals surface area contributed by atoms with E-state index in [1.54, 1.807) is 18.2 Å². The zero-order chi connectivity index (χ0) is 13.1. The number of nitrogens with two attached hydrogens (primary N) is 1. The van der Waals surface area contributed by atoms with Crippen LogP contribution in [-0.4, -0.2) is 23.2 Å². The molecule has 18 heavy (non-hydrogen) atoms. The fraction of sp³-hybridized carbons (Fsp3) is 0.462. The summed E-state index contributed by atoms with van der Waals surface area (Å²) in [7, 11) is 0. The van der Waals surface area contributed by atoms with Gasteiger partial charge in [-0.1, -0.05) is 24.4 Å². The van der Waals surface area contributed by atoms with Crippen LogP contribution in [0.2, 0.25) is 5.02 Å². The SMILES string of the molecule is Nc1ccc(C(=O)NC2CCCCC2O)c(Cl)c1. The number of anilines is 1. The van der Waals surface area contributed by atoms with Gasteiger partial charge in [-0.3, -0.25) is 4.79 Å². The Morgan fingerprint density at radius 1 is 1.39 bits per heavy atom. The number of nitrogen functional groups attached to an aromatic ring is 1. The molecule has 0 aliphatic heterocycles. The lowest BCUT2D eigenvalue weighted by Gasteiger charge is -2.28. The highest BCUT2D eigenvalue weighted by Gasteiger charge is 2.25. The van der Waals surface area contributed by atoms with Gasteiger partial charge < -0.3 is 16.2 Å². The van der Waals surface area contributed by atoms with Crippen LogP contribution < -0.4 is 11.1 Å². The molecule has 1 aliphatic carbocycles. The van der Waals surface area contributed by atoms with Crippen molar-refractivity contribution in [3.05, 3.63) is 28.8 Å². The summed E-state index contributed by atoms with van der Waals surface area (Å²) in [4.78, 5) is 12.0. The topological polar surface area (TPSA) is 75.4 Å². The first-order chi connectivity index (χ1) is 8.58. The van der Waals surface area contributed by atoms with Crippen molar-refractivity contribution in [2.24, 2.45) is 0 Å². The number of hydrogen-bond donors (Lipinski definition) is 3. The van der Waals surface area contributed by atoms with Gasteiger partial charge in [0, 0.05) is 5.69 Å². The molecule has 2 rings (SSSR count). The number of benzene rings is 1. The lowest BCUT2D eigenvalue weighted by atomic mass is 9.92. The Hall–Kier alpha value is -1.26. The standard InChI is InChI=1S/C13H17ClN2O2/c14-10-7-8(15)5-6-9(10)13(18)16-11-3-1-2-4-12(11)17/h5-7,11-12,17H,1-4,15H2,(H,16,18). The summed E-state index contributed by atoms with van der Waals surface area (Å²) >= 11 is 5.98. The first kappa shape index (κ1) is 13.2. The molecule has 4 nitrogen and oxygen atoms in total. The Balaban J connectivity index is 2.07. The average molecular weight is 269 g/mol. The largest absolute Gasteiger partial charge is 0.399 e. The second-order valence-corrected chi connectivity index (χ2v) is 5.08. The number of nitrogens with one attached hydrogen (secondary N) is 1. The van der Waals surface area contributed by atoms with Crippen LogP contribution in [-0.2, 0) is 0 Å². The maximum Gasteiger partial charge on any atom is 0.253 e. The van der Waals surface area contributed by atoms with Crippen LogP contribution in [0.4, 0.5) is 5.69 Å². The Labute approximate surface area is 111 Å². The van der Waals surface area contributed by atoms with E-state index in [0.29, 0.717) is 16.3 Å². The Kier molecular flexibility index (Phi) is 4.09. The maximum absolute atomic E-state index is 12.0. The highest BCUT2D eigenvalue weighted by Crippen LogP contribution is 2.22. The molecule has 0 spiro atoms. The van der Waals surface area contributed by atoms with Gasteiger partial charge in [-0.05, 0) is 31.0 Å². The predicted octanol–water partition coefficient (Wildman–Crippen LogP) is 1.96. The molecule has 5 heteroatoms. The van der Waals surface area contributed by atoms with E-state index in [0.717, 1.165) is 25.7 Å². The van der Waals surface area contributed by atoms with Gasteiger partial charge in [0.25, 0.3) is 5.91 Å². The predicted molar refractivity (Wildman–Crippen MR) is 71.6 cm³/mol. The summed E-state index contributed by atoms with van der Waals surface area (Å²) in [6.07, 6.45) is 3.11. The van der Waals surface area contributed by atoms with Crippen molar-refractivity contribution in [1.29, 1.82) is 0 Å². The number of hydrogen-bond acceptors (Lipinski definition) is 3. The number of amides is 1. The first-order valence-electron chi connectivity index (χ1n) is 6.12. The molecule has 98 valence electrons. The van der Waals surface area contributed by atoms with Crippen molar-refractivity contribution in [1.82, 2.24) is 5.32 Å². The number of aliphatic hydroxyl groups excluding tert-OH is 1. The average Bonchev–Trinajstić information content (AvgIpc) is 2.32. The first-order valence-corrected chi connectivity index (χ1v) is 6.49. The van der Waals surface area contributed by atoms with E-state index in [-0.39, 0.29) is 11.9 Å². The van der Waals surface area contributed by atoms with Crippen molar-refractivity contribution in [2.45, 2.75) is 37.8 Å². The molecule has 1 aromatic rings. The third kappa shape index (κ3) is 2.94. The summed E-state index contributed by atoms with van der Waals surface area (Å²) in [5.74, 6) is -0.258. The monoisotopic (exact) mass is 268 g/mol. The third-order valence-corrected chi connectivity index (χ3v) is 3.60. The molecule has 1 amide bonds. The lowest BCUT2D eigenvalue weighted by molar-refractivity contribution is 0.0717. The molecule has 0 saturated heterocycles. The van der Waals surface area contributed by atoms with Crippen LogP contribution in [0, 0.1) is 0 Å². The van der Waals surface area contributed by atoms with Gasteiger partial charge >= 0.3 is 0 Å². The number of aliphatic hydroxyl groups is 1. The van der Waals surface area contributed by atoms with E-state index >= 15 is 0 Å². The van der Waals surface area contributed by atoms with Gasteiger partial charge in [0.1, 0.15) is 0 Å². The fourth-order valence-corrected chi connectivity index (χ4v) is 2.52. The fourth-order valence-electron chi connectivity index (χ4n) is 2.24. The van der Waals surface area contributed by atoms with Gasteiger partial charge in [-0.15, -0.1) is 0 Å². The minimum absolute atomic E-state index is 0.181. The van der Waals surface area contributed by atoms with Crippen LogP contribution in [0.25, 0.3) is 0 Å². The van der Waals surface area contributed by atoms with Crippen molar-refractivity contribution < 1.29 is 9.90 Å². The van der Waals surface area contributed by atoms with Crippen LogP contribution in [0.15, 0.2) is 18.2 Å². The second kappa shape index (κ2) is 5.59. The Morgan fingerprint density at radius 3 is 2.78 bits per heavy atom. The van der Waals surface area contributed by atoms with E-state index in [1.165, 1.54) is 0 Å². The summed E-state index contributed by atoms with van der Waals surface area (Å²) in [5, 5.41) is 13.0. The van der Waals surface area contributed by atoms with Crippen molar-refractivity contribution in [3.63, 3.8) is 0 Å². The van der Waals surface area contributed by atoms with Crippen LogP contribution in [0.3, 0.4) is 0 Å². The normalized spacial score (nSPS) is 23.7. The van der Waals surface area contributed by atoms with Gasteiger partial charge in [0.2, 0.25) is 0 Å². The second-order valence-electron chi connectivity index (χ2n) is 4.67. The van der Waals surface area contributed by atoms with Crippen molar-refractivity contribution in [2.75, 3.05) is 5.73 Å². The number of carbonyl (C=O) groups is 1. The molecular formula is C13H17ClN2O2. The highest BCUT2D eigenvalue weighted by molar-refractivity contribution is 6.34. The Morgan fingerprint density at radius 2 is 2.11 bits per heavy atom. The van der Waals surface area contributed by atoms with E-state index in [2.05, 4.69) is 5.32 Å². The Bertz CT molecular complexity index is 451. The minimum Gasteiger partial charge on any atom is -0.399 e. The zero-order valence-electron chi connectivity index (χ0n) is 10.0. The quantitative estimate of drug-likeness (QED) is 0.718. The molecule has 4 N–H and O–H groups in total. The van der Waals surface area contributed by atoms with Gasteiger partial charge in [0.15, 0.2) is 0 Å². The molecule has 0 aromatic heterocycles. The van der Waals surface area contributed by atoms with Crippen LogP contribution in [0.5, 0.6) is 0 Å². The number of rotatable bonds is 2. The molecule has 0 bridgehead atoms. The summed E-state index contributed by atoms with van der Waals surface area (Å²) in [6, 6.07) is 4.61. The molecule has 1 aromatic carbocycles. The third-order valence-electron chi connectivity index (χ3n) is 3.28. The highest BCUT2D eigenvalue weighted by atomic mass is 35.5. The van der Waals surface area contributed by atoms with Crippen molar-refractivity contribution >= 4 is 23.2 Å². The minimum atomic E-state index is -0.463. The molecule has 1 aliphatic rings. The van der Waals surface area contributed by atoms with Crippen LogP contribution in [0.1, 0.15) is 36.0 Å². The lowest BCUT2D eigenvalue weighted by Crippen LogP contribution is -2.45. The molecule has 2 atom stereocenters. The van der Waals surface area contributed by atoms with E-state index in [4.69, 9.17) is 17.3 Å². The van der Waals surface area contributed by atoms with E-state index in [9.17, 15) is 9.90 Å². The molecule has 0 heterocycles. The molecular weight excluding hydrogens is 252 g/mol. The molecule has 0 radical (unpaired) electrons. The van der Waals surface area contributed by atoms with Crippen LogP contribution >= 0.6 is 11.6 Å². The zero-order valence-corrected chi connectivity index (χ0v) is 10.8. The smallest absolute Gasteiger partial charge is 0.253 e. The number of carbonyl (C=O) groups excluding carboxylic acids is 1. The van der Waals surface area contributed by atoms with Gasteiger partial charge in [0.05, 0.1) is 22.7 Å². The van der Waals surface area contributed by atoms with E-state index < -0.39 is 6.10 Å². The summed E-state index contributed by atoms with van der Waals surface area (Å²) in [6.45, 7) is 0. The van der Waals surface area contributed by atoms with Gasteiger partial charge in [-0.2, -0.15) is 0 Å². The van der Waals surface area contributed by atoms with Gasteiger partial charge in [-0.25, -0.2) is 0 Å². The summed E-state index contributed by atoms with van der Waals surface area (Å²) in [5.41, 5.74) is 6.49. The molecule has 1 saturated carbocycles.